The Balaban J connectivity index is 1.14. The lowest BCUT2D eigenvalue weighted by molar-refractivity contribution is 1.17. The monoisotopic (exact) mass is 686 g/mol. The van der Waals surface area contributed by atoms with Crippen LogP contribution in [-0.4, -0.2) is 9.13 Å². The third-order valence-electron chi connectivity index (χ3n) is 11.1. The first-order chi connectivity index (χ1) is 26.8. The molecule has 0 unspecified atom stereocenters. The van der Waals surface area contributed by atoms with Crippen LogP contribution in [-0.2, 0) is 0 Å². The summed E-state index contributed by atoms with van der Waals surface area (Å²) in [6.07, 6.45) is 0. The molecule has 2 aromatic heterocycles. The Kier molecular flexibility index (Phi) is 6.90. The first-order valence-electron chi connectivity index (χ1n) is 18.6. The van der Waals surface area contributed by atoms with Crippen molar-refractivity contribution in [2.75, 3.05) is 0 Å². The summed E-state index contributed by atoms with van der Waals surface area (Å²) in [5.74, 6) is 0. The van der Waals surface area contributed by atoms with Crippen LogP contribution >= 0.6 is 0 Å². The maximum absolute atomic E-state index is 2.49. The highest BCUT2D eigenvalue weighted by Crippen LogP contribution is 2.43. The summed E-state index contributed by atoms with van der Waals surface area (Å²) < 4.78 is 4.93. The molecule has 0 bridgehead atoms. The van der Waals surface area contributed by atoms with Crippen LogP contribution in [0.4, 0.5) is 0 Å². The normalized spacial score (nSPS) is 11.7. The van der Waals surface area contributed by atoms with Crippen molar-refractivity contribution < 1.29 is 0 Å². The van der Waals surface area contributed by atoms with E-state index in [9.17, 15) is 0 Å². The van der Waals surface area contributed by atoms with Crippen LogP contribution in [0.1, 0.15) is 0 Å². The van der Waals surface area contributed by atoms with Crippen molar-refractivity contribution >= 4 is 54.4 Å². The fraction of sp³-hybridized carbons (Fsp3) is 0. The van der Waals surface area contributed by atoms with Crippen LogP contribution in [0, 0.1) is 0 Å². The molecule has 0 spiro atoms. The van der Waals surface area contributed by atoms with Gasteiger partial charge in [0, 0.05) is 32.9 Å². The Morgan fingerprint density at radius 3 is 1.56 bits per heavy atom. The van der Waals surface area contributed by atoms with E-state index in [1.807, 2.05) is 0 Å². The quantitative estimate of drug-likeness (QED) is 0.171. The first-order valence-corrected chi connectivity index (χ1v) is 18.6. The van der Waals surface area contributed by atoms with E-state index in [0.717, 1.165) is 11.4 Å². The van der Waals surface area contributed by atoms with E-state index in [4.69, 9.17) is 0 Å². The van der Waals surface area contributed by atoms with Gasteiger partial charge in [0.15, 0.2) is 0 Å². The molecule has 2 heterocycles. The first kappa shape index (κ1) is 30.5. The van der Waals surface area contributed by atoms with Crippen LogP contribution in [0.25, 0.3) is 99.1 Å². The molecule has 0 amide bonds. The summed E-state index contributed by atoms with van der Waals surface area (Å²) in [6, 6.07) is 75.2. The van der Waals surface area contributed by atoms with E-state index in [1.165, 1.54) is 87.8 Å². The summed E-state index contributed by atoms with van der Waals surface area (Å²) in [4.78, 5) is 0. The number of benzene rings is 9. The fourth-order valence-electron chi connectivity index (χ4n) is 8.58. The topological polar surface area (TPSA) is 9.86 Å². The van der Waals surface area contributed by atoms with Crippen molar-refractivity contribution in [3.63, 3.8) is 0 Å². The van der Waals surface area contributed by atoms with Gasteiger partial charge in [-0.15, -0.1) is 0 Å². The zero-order valence-electron chi connectivity index (χ0n) is 29.5. The summed E-state index contributed by atoms with van der Waals surface area (Å²) in [5.41, 5.74) is 14.4. The maximum Gasteiger partial charge on any atom is 0.0641 e. The zero-order chi connectivity index (χ0) is 35.6. The van der Waals surface area contributed by atoms with Crippen LogP contribution in [0.5, 0.6) is 0 Å². The highest BCUT2D eigenvalue weighted by molar-refractivity contribution is 6.26. The van der Waals surface area contributed by atoms with E-state index in [1.54, 1.807) is 0 Å². The average Bonchev–Trinajstić information content (AvgIpc) is 3.77. The number of hydrogen-bond acceptors (Lipinski definition) is 0. The molecular formula is C52H34N2. The molecular weight excluding hydrogens is 653 g/mol. The van der Waals surface area contributed by atoms with Crippen molar-refractivity contribution in [1.82, 2.24) is 9.13 Å². The Morgan fingerprint density at radius 1 is 0.259 bits per heavy atom. The fourth-order valence-corrected chi connectivity index (χ4v) is 8.58. The summed E-state index contributed by atoms with van der Waals surface area (Å²) in [6.45, 7) is 0. The van der Waals surface area contributed by atoms with Gasteiger partial charge in [0.1, 0.15) is 0 Å². The van der Waals surface area contributed by atoms with Crippen molar-refractivity contribution in [2.24, 2.45) is 0 Å². The molecule has 11 aromatic rings. The molecule has 0 N–H and O–H groups in total. The molecule has 0 saturated heterocycles. The maximum atomic E-state index is 2.49. The second kappa shape index (κ2) is 12.2. The van der Waals surface area contributed by atoms with Crippen molar-refractivity contribution in [3.8, 4) is 44.8 Å². The highest BCUT2D eigenvalue weighted by Gasteiger charge is 2.21. The molecule has 0 atom stereocenters. The molecule has 9 aromatic carbocycles. The SMILES string of the molecule is c1ccc(-c2cccc(-c3cccc(-n4c5ccccc5c5c4ccc4c6ccccc6n(-c6cccc(-c7ccc8ccccc8c7)c6)c45)c3)c2)cc1. The molecule has 2 nitrogen and oxygen atoms in total. The minimum atomic E-state index is 1.14. The molecule has 54 heavy (non-hydrogen) atoms. The average molecular weight is 687 g/mol. The van der Waals surface area contributed by atoms with Gasteiger partial charge in [0.2, 0.25) is 0 Å². The molecule has 0 aliphatic carbocycles. The summed E-state index contributed by atoms with van der Waals surface area (Å²) in [7, 11) is 0. The molecule has 0 fully saturated rings. The van der Waals surface area contributed by atoms with Crippen LogP contribution < -0.4 is 0 Å². The van der Waals surface area contributed by atoms with Gasteiger partial charge in [-0.25, -0.2) is 0 Å². The zero-order valence-corrected chi connectivity index (χ0v) is 29.5. The Morgan fingerprint density at radius 2 is 0.796 bits per heavy atom. The van der Waals surface area contributed by atoms with Gasteiger partial charge >= 0.3 is 0 Å². The van der Waals surface area contributed by atoms with Gasteiger partial charge in [-0.1, -0.05) is 152 Å². The van der Waals surface area contributed by atoms with E-state index >= 15 is 0 Å². The lowest BCUT2D eigenvalue weighted by Crippen LogP contribution is -1.96. The number of nitrogens with zero attached hydrogens (tertiary/aromatic N) is 2. The van der Waals surface area contributed by atoms with Gasteiger partial charge in [-0.05, 0) is 98.8 Å². The number of para-hydroxylation sites is 2. The van der Waals surface area contributed by atoms with E-state index in [2.05, 4.69) is 215 Å². The van der Waals surface area contributed by atoms with Crippen LogP contribution in [0.3, 0.4) is 0 Å². The Hall–Kier alpha value is -7.16. The van der Waals surface area contributed by atoms with Crippen molar-refractivity contribution in [2.45, 2.75) is 0 Å². The second-order valence-electron chi connectivity index (χ2n) is 14.2. The molecule has 2 heteroatoms. The predicted molar refractivity (Wildman–Crippen MR) is 229 cm³/mol. The largest absolute Gasteiger partial charge is 0.309 e. The van der Waals surface area contributed by atoms with Crippen LogP contribution in [0.15, 0.2) is 206 Å². The van der Waals surface area contributed by atoms with Gasteiger partial charge in [0.05, 0.1) is 22.1 Å². The van der Waals surface area contributed by atoms with Gasteiger partial charge in [-0.3, -0.25) is 0 Å². The number of fused-ring (bicyclic) bond motifs is 8. The lowest BCUT2D eigenvalue weighted by atomic mass is 9.99. The third kappa shape index (κ3) is 4.81. The number of rotatable bonds is 5. The highest BCUT2D eigenvalue weighted by atomic mass is 15.0. The summed E-state index contributed by atoms with van der Waals surface area (Å²) >= 11 is 0. The predicted octanol–water partition coefficient (Wildman–Crippen LogP) is 14.0. The molecule has 0 aliphatic rings. The molecule has 0 radical (unpaired) electrons. The summed E-state index contributed by atoms with van der Waals surface area (Å²) in [5, 5.41) is 7.51. The van der Waals surface area contributed by atoms with Gasteiger partial charge in [-0.2, -0.15) is 0 Å². The molecule has 11 rings (SSSR count). The van der Waals surface area contributed by atoms with E-state index in [0.29, 0.717) is 0 Å². The molecule has 252 valence electrons. The van der Waals surface area contributed by atoms with Gasteiger partial charge < -0.3 is 9.13 Å². The smallest absolute Gasteiger partial charge is 0.0641 e. The Bertz CT molecular complexity index is 3220. The molecule has 0 aliphatic heterocycles. The number of aromatic nitrogens is 2. The lowest BCUT2D eigenvalue weighted by Gasteiger charge is -2.13. The standard InChI is InChI=1S/C52H34N2/c1-2-13-35(14-3-1)38-17-10-18-39(31-38)40-19-11-21-43(33-40)53-49-26-9-7-24-47(49)51-50(53)30-29-46-45-23-6-8-25-48(45)54(52(46)51)44-22-12-20-41(34-44)42-28-27-36-15-4-5-16-37(36)32-42/h1-34H. The third-order valence-corrected chi connectivity index (χ3v) is 11.1. The van der Waals surface area contributed by atoms with Crippen molar-refractivity contribution in [3.05, 3.63) is 206 Å². The van der Waals surface area contributed by atoms with Crippen LogP contribution in [0.2, 0.25) is 0 Å². The van der Waals surface area contributed by atoms with E-state index in [-0.39, 0.29) is 0 Å². The number of hydrogen-bond donors (Lipinski definition) is 0. The van der Waals surface area contributed by atoms with Gasteiger partial charge in [0.25, 0.3) is 0 Å². The minimum Gasteiger partial charge on any atom is -0.309 e. The van der Waals surface area contributed by atoms with Crippen molar-refractivity contribution in [1.29, 1.82) is 0 Å². The molecule has 0 saturated carbocycles. The second-order valence-corrected chi connectivity index (χ2v) is 14.2. The minimum absolute atomic E-state index is 1.14. The van der Waals surface area contributed by atoms with E-state index < -0.39 is 0 Å². The Labute approximate surface area is 313 Å².